The summed E-state index contributed by atoms with van der Waals surface area (Å²) in [5.74, 6) is 0.209. The van der Waals surface area contributed by atoms with Gasteiger partial charge < -0.3 is 24.0 Å². The van der Waals surface area contributed by atoms with Gasteiger partial charge in [0.2, 0.25) is 0 Å². The Balaban J connectivity index is 0.00000272. The number of rotatable bonds is 3. The Morgan fingerprint density at radius 2 is 1.84 bits per heavy atom. The molecule has 0 bridgehead atoms. The van der Waals surface area contributed by atoms with E-state index in [2.05, 4.69) is 12.1 Å². The summed E-state index contributed by atoms with van der Waals surface area (Å²) >= 11 is 0. The van der Waals surface area contributed by atoms with Gasteiger partial charge in [0.25, 0.3) is 0 Å². The summed E-state index contributed by atoms with van der Waals surface area (Å²) in [6, 6.07) is 15.2. The molecular formula is C23H28N2O5S. The lowest BCUT2D eigenvalue weighted by Crippen LogP contribution is -2.52. The number of hydrogen-bond acceptors (Lipinski definition) is 5. The molecule has 2 amide bonds. The Hall–Kier alpha value is -2.71. The lowest BCUT2D eigenvalue weighted by atomic mass is 10.0. The smallest absolute Gasteiger partial charge is 0.337 e. The molecule has 1 atom stereocenters. The Kier molecular flexibility index (Phi) is 7.81. The monoisotopic (exact) mass is 444 g/mol. The number of benzene rings is 2. The second-order valence-corrected chi connectivity index (χ2v) is 7.48. The van der Waals surface area contributed by atoms with Gasteiger partial charge in [-0.25, -0.2) is 9.59 Å². The van der Waals surface area contributed by atoms with Crippen molar-refractivity contribution >= 4 is 25.5 Å². The molecule has 2 heterocycles. The second kappa shape index (κ2) is 10.5. The highest BCUT2D eigenvalue weighted by molar-refractivity contribution is 7.59. The average molecular weight is 445 g/mol. The number of carbonyl (C=O) groups is 2. The van der Waals surface area contributed by atoms with Crippen LogP contribution in [0.3, 0.4) is 0 Å². The number of carbonyl (C=O) groups excluding carboxylic acids is 2. The fourth-order valence-corrected chi connectivity index (χ4v) is 3.87. The minimum absolute atomic E-state index is 0. The van der Waals surface area contributed by atoms with Crippen molar-refractivity contribution in [2.75, 3.05) is 40.0 Å². The van der Waals surface area contributed by atoms with Crippen LogP contribution in [-0.2, 0) is 22.4 Å². The largest absolute Gasteiger partial charge is 0.491 e. The Bertz CT molecular complexity index is 902. The first-order valence-corrected chi connectivity index (χ1v) is 10.2. The summed E-state index contributed by atoms with van der Waals surface area (Å²) in [5, 5.41) is 0. The zero-order chi connectivity index (χ0) is 20.9. The third kappa shape index (κ3) is 5.32. The summed E-state index contributed by atoms with van der Waals surface area (Å²) in [6.07, 6.45) is 0.689. The molecule has 2 aliphatic rings. The predicted molar refractivity (Wildman–Crippen MR) is 121 cm³/mol. The summed E-state index contributed by atoms with van der Waals surface area (Å²) in [4.78, 5) is 29.0. The number of fused-ring (bicyclic) bond motifs is 1. The number of ether oxygens (including phenoxy) is 3. The van der Waals surface area contributed by atoms with Gasteiger partial charge in [0.15, 0.2) is 0 Å². The van der Waals surface area contributed by atoms with E-state index in [9.17, 15) is 9.59 Å². The van der Waals surface area contributed by atoms with Gasteiger partial charge in [-0.15, -0.1) is 0 Å². The number of nitrogens with zero attached hydrogens (tertiary/aromatic N) is 2. The maximum absolute atomic E-state index is 13.4. The summed E-state index contributed by atoms with van der Waals surface area (Å²) < 4.78 is 16.3. The van der Waals surface area contributed by atoms with Crippen LogP contribution in [-0.4, -0.2) is 67.9 Å². The third-order valence-electron chi connectivity index (χ3n) is 5.54. The fourth-order valence-electron chi connectivity index (χ4n) is 3.87. The first kappa shape index (κ1) is 23.0. The highest BCUT2D eigenvalue weighted by Crippen LogP contribution is 2.29. The van der Waals surface area contributed by atoms with Crippen molar-refractivity contribution in [2.45, 2.75) is 19.0 Å². The molecule has 1 fully saturated rings. The SMILES string of the molecule is COC(=O)c1ccc2c(c1)OC[C@H](Cc1ccccc1)N(C(=O)N1CCOCC1)C2.S. The van der Waals surface area contributed by atoms with Gasteiger partial charge in [-0.05, 0) is 24.1 Å². The molecule has 2 aromatic rings. The number of methoxy groups -OCH3 is 1. The van der Waals surface area contributed by atoms with Gasteiger partial charge in [-0.1, -0.05) is 36.4 Å². The second-order valence-electron chi connectivity index (χ2n) is 7.48. The molecule has 0 aliphatic carbocycles. The molecule has 2 aromatic carbocycles. The van der Waals surface area contributed by atoms with E-state index >= 15 is 0 Å². The highest BCUT2D eigenvalue weighted by atomic mass is 32.1. The van der Waals surface area contributed by atoms with E-state index in [4.69, 9.17) is 14.2 Å². The summed E-state index contributed by atoms with van der Waals surface area (Å²) in [7, 11) is 1.35. The number of morpholine rings is 1. The van der Waals surface area contributed by atoms with Gasteiger partial charge >= 0.3 is 12.0 Å². The standard InChI is InChI=1S/C23H26N2O5.H2S/c1-28-22(26)18-7-8-19-15-25(23(27)24-9-11-29-12-10-24)20(16-30-21(19)14-18)13-17-5-3-2-4-6-17;/h2-8,14,20H,9-13,15-16H2,1H3;1H2/t20-;/m0./s1. The quantitative estimate of drug-likeness (QED) is 0.681. The molecule has 0 spiro atoms. The zero-order valence-corrected chi connectivity index (χ0v) is 18.6. The van der Waals surface area contributed by atoms with Crippen LogP contribution in [0.15, 0.2) is 48.5 Å². The van der Waals surface area contributed by atoms with Crippen molar-refractivity contribution in [2.24, 2.45) is 0 Å². The van der Waals surface area contributed by atoms with Crippen LogP contribution in [0.4, 0.5) is 4.79 Å². The maximum atomic E-state index is 13.4. The van der Waals surface area contributed by atoms with Crippen LogP contribution in [0.25, 0.3) is 0 Å². The lowest BCUT2D eigenvalue weighted by molar-refractivity contribution is 0.0363. The van der Waals surface area contributed by atoms with E-state index in [1.807, 2.05) is 34.1 Å². The molecule has 0 radical (unpaired) electrons. The van der Waals surface area contributed by atoms with Gasteiger partial charge in [0.1, 0.15) is 12.4 Å². The van der Waals surface area contributed by atoms with Gasteiger partial charge in [0, 0.05) is 18.7 Å². The van der Waals surface area contributed by atoms with E-state index in [0.29, 0.717) is 57.2 Å². The molecule has 31 heavy (non-hydrogen) atoms. The Morgan fingerprint density at radius 3 is 2.55 bits per heavy atom. The number of esters is 1. The van der Waals surface area contributed by atoms with E-state index in [1.165, 1.54) is 7.11 Å². The van der Waals surface area contributed by atoms with Crippen molar-refractivity contribution in [3.8, 4) is 5.75 Å². The predicted octanol–water partition coefficient (Wildman–Crippen LogP) is 2.84. The van der Waals surface area contributed by atoms with Crippen molar-refractivity contribution in [3.63, 3.8) is 0 Å². The van der Waals surface area contributed by atoms with Crippen molar-refractivity contribution < 1.29 is 23.8 Å². The normalized spacial score (nSPS) is 18.2. The molecule has 0 unspecified atom stereocenters. The first-order valence-electron chi connectivity index (χ1n) is 10.2. The van der Waals surface area contributed by atoms with Gasteiger partial charge in [-0.3, -0.25) is 0 Å². The van der Waals surface area contributed by atoms with Crippen LogP contribution >= 0.6 is 13.5 Å². The number of urea groups is 1. The third-order valence-corrected chi connectivity index (χ3v) is 5.54. The fraction of sp³-hybridized carbons (Fsp3) is 0.391. The Labute approximate surface area is 189 Å². The minimum Gasteiger partial charge on any atom is -0.491 e. The lowest BCUT2D eigenvalue weighted by Gasteiger charge is -2.36. The van der Waals surface area contributed by atoms with Crippen molar-refractivity contribution in [3.05, 3.63) is 65.2 Å². The molecule has 4 rings (SSSR count). The molecule has 0 aromatic heterocycles. The van der Waals surface area contributed by atoms with Gasteiger partial charge in [0.05, 0.1) is 38.5 Å². The van der Waals surface area contributed by atoms with Crippen molar-refractivity contribution in [1.82, 2.24) is 9.80 Å². The first-order chi connectivity index (χ1) is 14.7. The highest BCUT2D eigenvalue weighted by Gasteiger charge is 2.32. The minimum atomic E-state index is -0.410. The average Bonchev–Trinajstić information content (AvgIpc) is 2.98. The van der Waals surface area contributed by atoms with E-state index < -0.39 is 5.97 Å². The summed E-state index contributed by atoms with van der Waals surface area (Å²) in [5.41, 5.74) is 2.45. The van der Waals surface area contributed by atoms with Crippen LogP contribution in [0.2, 0.25) is 0 Å². The van der Waals surface area contributed by atoms with Crippen LogP contribution in [0.1, 0.15) is 21.5 Å². The molecular weight excluding hydrogens is 416 g/mol. The topological polar surface area (TPSA) is 68.3 Å². The summed E-state index contributed by atoms with van der Waals surface area (Å²) in [6.45, 7) is 3.05. The number of hydrogen-bond donors (Lipinski definition) is 0. The molecule has 2 aliphatic heterocycles. The Morgan fingerprint density at radius 1 is 1.10 bits per heavy atom. The van der Waals surface area contributed by atoms with Crippen LogP contribution < -0.4 is 4.74 Å². The van der Waals surface area contributed by atoms with E-state index in [-0.39, 0.29) is 25.6 Å². The van der Waals surface area contributed by atoms with E-state index in [0.717, 1.165) is 11.1 Å². The van der Waals surface area contributed by atoms with Gasteiger partial charge in [-0.2, -0.15) is 13.5 Å². The molecule has 8 heteroatoms. The molecule has 1 saturated heterocycles. The molecule has 0 N–H and O–H groups in total. The van der Waals surface area contributed by atoms with Crippen LogP contribution in [0.5, 0.6) is 5.75 Å². The van der Waals surface area contributed by atoms with Crippen molar-refractivity contribution in [1.29, 1.82) is 0 Å². The molecule has 0 saturated carbocycles. The zero-order valence-electron chi connectivity index (χ0n) is 17.6. The molecule has 166 valence electrons. The number of amides is 2. The maximum Gasteiger partial charge on any atom is 0.337 e. The molecule has 7 nitrogen and oxygen atoms in total. The van der Waals surface area contributed by atoms with Crippen LogP contribution in [0, 0.1) is 0 Å². The van der Waals surface area contributed by atoms with E-state index in [1.54, 1.807) is 12.1 Å².